The fourth-order valence-corrected chi connectivity index (χ4v) is 1.97. The fourth-order valence-electron chi connectivity index (χ4n) is 1.97. The number of anilines is 1. The molecule has 3 heteroatoms. The molecular weight excluding hydrogens is 241 g/mol. The van der Waals surface area contributed by atoms with Crippen LogP contribution < -0.4 is 10.5 Å². The van der Waals surface area contributed by atoms with Gasteiger partial charge in [-0.1, -0.05) is 30.3 Å². The minimum Gasteiger partial charge on any atom is -0.455 e. The molecule has 0 saturated heterocycles. The maximum atomic E-state index is 13.0. The van der Waals surface area contributed by atoms with Crippen molar-refractivity contribution in [2.24, 2.45) is 0 Å². The molecule has 0 aliphatic carbocycles. The monoisotopic (exact) mass is 253 g/mol. The van der Waals surface area contributed by atoms with Gasteiger partial charge in [-0.15, -0.1) is 0 Å². The molecule has 0 aliphatic heterocycles. The quantitative estimate of drug-likeness (QED) is 0.689. The first-order valence-electron chi connectivity index (χ1n) is 5.94. The highest BCUT2D eigenvalue weighted by molar-refractivity contribution is 5.83. The summed E-state index contributed by atoms with van der Waals surface area (Å²) in [5.41, 5.74) is 6.00. The van der Waals surface area contributed by atoms with E-state index in [1.807, 2.05) is 42.5 Å². The minimum atomic E-state index is -0.372. The number of halogens is 1. The SMILES string of the molecule is Nc1cc(F)ccc1Oc1ccc2ccccc2c1. The van der Waals surface area contributed by atoms with Gasteiger partial charge < -0.3 is 10.5 Å². The standard InChI is InChI=1S/C16H12FNO/c17-13-6-8-16(15(18)10-13)19-14-7-5-11-3-1-2-4-12(11)9-14/h1-10H,18H2. The van der Waals surface area contributed by atoms with E-state index in [0.717, 1.165) is 10.8 Å². The van der Waals surface area contributed by atoms with Crippen molar-refractivity contribution in [3.63, 3.8) is 0 Å². The van der Waals surface area contributed by atoms with Crippen LogP contribution in [0.25, 0.3) is 10.8 Å². The lowest BCUT2D eigenvalue weighted by atomic mass is 10.1. The second-order valence-corrected chi connectivity index (χ2v) is 4.29. The summed E-state index contributed by atoms with van der Waals surface area (Å²) >= 11 is 0. The van der Waals surface area contributed by atoms with Crippen molar-refractivity contribution < 1.29 is 9.13 Å². The molecule has 0 saturated carbocycles. The van der Waals surface area contributed by atoms with Crippen molar-refractivity contribution in [3.05, 3.63) is 66.5 Å². The van der Waals surface area contributed by atoms with Crippen molar-refractivity contribution >= 4 is 16.5 Å². The Morgan fingerprint density at radius 1 is 0.842 bits per heavy atom. The lowest BCUT2D eigenvalue weighted by Gasteiger charge is -2.09. The molecule has 3 aromatic rings. The summed E-state index contributed by atoms with van der Waals surface area (Å²) in [6.45, 7) is 0. The van der Waals surface area contributed by atoms with Crippen LogP contribution in [0.5, 0.6) is 11.5 Å². The lowest BCUT2D eigenvalue weighted by Crippen LogP contribution is -1.92. The third kappa shape index (κ3) is 2.36. The van der Waals surface area contributed by atoms with E-state index >= 15 is 0 Å². The van der Waals surface area contributed by atoms with Gasteiger partial charge >= 0.3 is 0 Å². The number of hydrogen-bond acceptors (Lipinski definition) is 2. The Morgan fingerprint density at radius 3 is 2.42 bits per heavy atom. The second-order valence-electron chi connectivity index (χ2n) is 4.29. The number of ether oxygens (including phenoxy) is 1. The minimum absolute atomic E-state index is 0.285. The average molecular weight is 253 g/mol. The van der Waals surface area contributed by atoms with E-state index in [0.29, 0.717) is 11.5 Å². The van der Waals surface area contributed by atoms with Gasteiger partial charge in [0.05, 0.1) is 5.69 Å². The van der Waals surface area contributed by atoms with Gasteiger partial charge in [-0.2, -0.15) is 0 Å². The number of nitrogens with two attached hydrogens (primary N) is 1. The molecule has 0 aromatic heterocycles. The normalized spacial score (nSPS) is 10.6. The van der Waals surface area contributed by atoms with Gasteiger partial charge in [-0.25, -0.2) is 4.39 Å². The Balaban J connectivity index is 1.96. The first-order valence-corrected chi connectivity index (χ1v) is 5.94. The molecule has 19 heavy (non-hydrogen) atoms. The van der Waals surface area contributed by atoms with Crippen molar-refractivity contribution in [1.82, 2.24) is 0 Å². The fraction of sp³-hybridized carbons (Fsp3) is 0. The molecule has 0 radical (unpaired) electrons. The van der Waals surface area contributed by atoms with Crippen molar-refractivity contribution in [3.8, 4) is 11.5 Å². The molecular formula is C16H12FNO. The van der Waals surface area contributed by atoms with Crippen LogP contribution in [-0.2, 0) is 0 Å². The van der Waals surface area contributed by atoms with Crippen LogP contribution in [-0.4, -0.2) is 0 Å². The van der Waals surface area contributed by atoms with Crippen LogP contribution in [0.3, 0.4) is 0 Å². The molecule has 0 atom stereocenters. The summed E-state index contributed by atoms with van der Waals surface area (Å²) < 4.78 is 18.6. The van der Waals surface area contributed by atoms with Crippen molar-refractivity contribution in [2.75, 3.05) is 5.73 Å². The van der Waals surface area contributed by atoms with Gasteiger partial charge in [0, 0.05) is 6.07 Å². The molecule has 0 fully saturated rings. The van der Waals surface area contributed by atoms with Gasteiger partial charge in [-0.05, 0) is 35.0 Å². The Bertz CT molecular complexity index is 740. The number of nitrogen functional groups attached to an aromatic ring is 1. The third-order valence-corrected chi connectivity index (χ3v) is 2.92. The molecule has 0 heterocycles. The van der Waals surface area contributed by atoms with E-state index in [1.165, 1.54) is 18.2 Å². The maximum Gasteiger partial charge on any atom is 0.150 e. The highest BCUT2D eigenvalue weighted by Crippen LogP contribution is 2.29. The van der Waals surface area contributed by atoms with E-state index in [1.54, 1.807) is 0 Å². The van der Waals surface area contributed by atoms with E-state index in [9.17, 15) is 4.39 Å². The first kappa shape index (κ1) is 11.5. The predicted molar refractivity (Wildman–Crippen MR) is 74.8 cm³/mol. The maximum absolute atomic E-state index is 13.0. The Morgan fingerprint density at radius 2 is 1.63 bits per heavy atom. The summed E-state index contributed by atoms with van der Waals surface area (Å²) in [4.78, 5) is 0. The summed E-state index contributed by atoms with van der Waals surface area (Å²) in [6.07, 6.45) is 0. The van der Waals surface area contributed by atoms with E-state index in [4.69, 9.17) is 10.5 Å². The molecule has 3 rings (SSSR count). The van der Waals surface area contributed by atoms with Crippen LogP contribution in [0.4, 0.5) is 10.1 Å². The summed E-state index contributed by atoms with van der Waals surface area (Å²) in [7, 11) is 0. The molecule has 2 N–H and O–H groups in total. The summed E-state index contributed by atoms with van der Waals surface area (Å²) in [5.74, 6) is 0.761. The largest absolute Gasteiger partial charge is 0.455 e. The molecule has 0 amide bonds. The van der Waals surface area contributed by atoms with Crippen LogP contribution in [0, 0.1) is 5.82 Å². The molecule has 0 unspecified atom stereocenters. The average Bonchev–Trinajstić information content (AvgIpc) is 2.42. The van der Waals surface area contributed by atoms with Crippen molar-refractivity contribution in [1.29, 1.82) is 0 Å². The predicted octanol–water partition coefficient (Wildman–Crippen LogP) is 4.35. The van der Waals surface area contributed by atoms with Gasteiger partial charge in [0.2, 0.25) is 0 Å². The molecule has 0 aliphatic rings. The number of fused-ring (bicyclic) bond motifs is 1. The zero-order valence-corrected chi connectivity index (χ0v) is 10.1. The topological polar surface area (TPSA) is 35.2 Å². The van der Waals surface area contributed by atoms with E-state index in [-0.39, 0.29) is 11.5 Å². The zero-order valence-electron chi connectivity index (χ0n) is 10.1. The number of benzene rings is 3. The Hall–Kier alpha value is -2.55. The van der Waals surface area contributed by atoms with Gasteiger partial charge in [-0.3, -0.25) is 0 Å². The highest BCUT2D eigenvalue weighted by Gasteiger charge is 2.04. The van der Waals surface area contributed by atoms with Gasteiger partial charge in [0.15, 0.2) is 5.75 Å². The smallest absolute Gasteiger partial charge is 0.150 e. The third-order valence-electron chi connectivity index (χ3n) is 2.92. The molecule has 94 valence electrons. The lowest BCUT2D eigenvalue weighted by molar-refractivity contribution is 0.484. The first-order chi connectivity index (χ1) is 9.22. The van der Waals surface area contributed by atoms with Gasteiger partial charge in [0.1, 0.15) is 11.6 Å². The van der Waals surface area contributed by atoms with Gasteiger partial charge in [0.25, 0.3) is 0 Å². The number of rotatable bonds is 2. The molecule has 3 aromatic carbocycles. The highest BCUT2D eigenvalue weighted by atomic mass is 19.1. The zero-order chi connectivity index (χ0) is 13.2. The number of hydrogen-bond donors (Lipinski definition) is 1. The molecule has 0 spiro atoms. The van der Waals surface area contributed by atoms with E-state index in [2.05, 4.69) is 0 Å². The van der Waals surface area contributed by atoms with Crippen LogP contribution in [0.1, 0.15) is 0 Å². The van der Waals surface area contributed by atoms with Crippen LogP contribution in [0.15, 0.2) is 60.7 Å². The summed E-state index contributed by atoms with van der Waals surface area (Å²) in [5, 5.41) is 2.22. The summed E-state index contributed by atoms with van der Waals surface area (Å²) in [6, 6.07) is 17.9. The van der Waals surface area contributed by atoms with E-state index < -0.39 is 0 Å². The molecule has 2 nitrogen and oxygen atoms in total. The Labute approximate surface area is 110 Å². The van der Waals surface area contributed by atoms with Crippen LogP contribution in [0.2, 0.25) is 0 Å². The molecule has 0 bridgehead atoms. The van der Waals surface area contributed by atoms with Crippen molar-refractivity contribution in [2.45, 2.75) is 0 Å². The van der Waals surface area contributed by atoms with Crippen LogP contribution >= 0.6 is 0 Å². The second kappa shape index (κ2) is 4.61. The Kier molecular flexibility index (Phi) is 2.80.